The molecule has 1 fully saturated rings. The third kappa shape index (κ3) is 3.91. The molecular formula is C19H22O4. The molecule has 2 aromatic rings. The van der Waals surface area contributed by atoms with Crippen molar-refractivity contribution in [3.05, 3.63) is 65.7 Å². The van der Waals surface area contributed by atoms with Gasteiger partial charge in [0.1, 0.15) is 24.6 Å². The molecule has 0 bridgehead atoms. The fourth-order valence-electron chi connectivity index (χ4n) is 2.75. The van der Waals surface area contributed by atoms with E-state index in [1.165, 1.54) is 0 Å². The van der Waals surface area contributed by atoms with Crippen LogP contribution >= 0.6 is 0 Å². The first-order chi connectivity index (χ1) is 11.1. The van der Waals surface area contributed by atoms with Crippen LogP contribution in [-0.2, 0) is 16.1 Å². The van der Waals surface area contributed by atoms with E-state index in [1.807, 2.05) is 68.4 Å². The Kier molecular flexibility index (Phi) is 4.66. The minimum absolute atomic E-state index is 0.0691. The van der Waals surface area contributed by atoms with E-state index in [0.717, 1.165) is 16.9 Å². The average Bonchev–Trinajstić information content (AvgIpc) is 2.89. The van der Waals surface area contributed by atoms with Crippen LogP contribution in [0.2, 0.25) is 0 Å². The molecule has 2 aromatic carbocycles. The van der Waals surface area contributed by atoms with E-state index in [4.69, 9.17) is 14.2 Å². The van der Waals surface area contributed by atoms with Crippen LogP contribution in [0.1, 0.15) is 31.1 Å². The first-order valence-electron chi connectivity index (χ1n) is 7.80. The summed E-state index contributed by atoms with van der Waals surface area (Å²) in [5.41, 5.74) is 2.10. The molecule has 0 unspecified atom stereocenters. The van der Waals surface area contributed by atoms with E-state index in [1.54, 1.807) is 0 Å². The van der Waals surface area contributed by atoms with Crippen LogP contribution in [0.4, 0.5) is 0 Å². The Morgan fingerprint density at radius 3 is 2.35 bits per heavy atom. The van der Waals surface area contributed by atoms with Gasteiger partial charge in [0.15, 0.2) is 5.79 Å². The molecule has 1 N–H and O–H groups in total. The second-order valence-corrected chi connectivity index (χ2v) is 6.12. The summed E-state index contributed by atoms with van der Waals surface area (Å²) in [4.78, 5) is 0. The van der Waals surface area contributed by atoms with E-state index in [9.17, 15) is 5.11 Å². The van der Waals surface area contributed by atoms with Crippen molar-refractivity contribution in [2.24, 2.45) is 0 Å². The van der Waals surface area contributed by atoms with E-state index in [-0.39, 0.29) is 18.8 Å². The standard InChI is InChI=1S/C19H22O4/c1-19(2)22-17(12-20)18(23-19)15-8-10-16(11-9-15)21-13-14-6-4-3-5-7-14/h3-11,17-18,20H,12-13H2,1-2H3/t17-,18-/m0/s1. The number of hydrogen-bond donors (Lipinski definition) is 1. The van der Waals surface area contributed by atoms with E-state index >= 15 is 0 Å². The third-order valence-electron chi connectivity index (χ3n) is 3.82. The lowest BCUT2D eigenvalue weighted by atomic mass is 10.0. The monoisotopic (exact) mass is 314 g/mol. The maximum atomic E-state index is 9.47. The summed E-state index contributed by atoms with van der Waals surface area (Å²) >= 11 is 0. The van der Waals surface area contributed by atoms with Gasteiger partial charge in [-0.2, -0.15) is 0 Å². The summed E-state index contributed by atoms with van der Waals surface area (Å²) in [6.07, 6.45) is -0.612. The highest BCUT2D eigenvalue weighted by atomic mass is 16.8. The van der Waals surface area contributed by atoms with Crippen molar-refractivity contribution in [2.75, 3.05) is 6.61 Å². The molecule has 4 heteroatoms. The molecule has 122 valence electrons. The maximum Gasteiger partial charge on any atom is 0.164 e. The highest BCUT2D eigenvalue weighted by Gasteiger charge is 2.41. The maximum absolute atomic E-state index is 9.47. The van der Waals surface area contributed by atoms with Crippen molar-refractivity contribution >= 4 is 0 Å². The Morgan fingerprint density at radius 2 is 1.70 bits per heavy atom. The molecule has 1 aliphatic heterocycles. The second kappa shape index (κ2) is 6.71. The largest absolute Gasteiger partial charge is 0.489 e. The Labute approximate surface area is 136 Å². The molecule has 0 radical (unpaired) electrons. The minimum atomic E-state index is -0.680. The van der Waals surface area contributed by atoms with Crippen LogP contribution in [0.5, 0.6) is 5.75 Å². The van der Waals surface area contributed by atoms with Crippen LogP contribution < -0.4 is 4.74 Å². The summed E-state index contributed by atoms with van der Waals surface area (Å²) in [5.74, 6) is 0.122. The SMILES string of the molecule is CC1(C)O[C@@H](CO)[C@H](c2ccc(OCc3ccccc3)cc2)O1. The van der Waals surface area contributed by atoms with Crippen molar-refractivity contribution in [2.45, 2.75) is 38.4 Å². The molecule has 0 spiro atoms. The predicted molar refractivity (Wildman–Crippen MR) is 87.1 cm³/mol. The topological polar surface area (TPSA) is 47.9 Å². The Balaban J connectivity index is 1.65. The lowest BCUT2D eigenvalue weighted by Crippen LogP contribution is -2.23. The summed E-state index contributed by atoms with van der Waals surface area (Å²) in [6, 6.07) is 17.8. The average molecular weight is 314 g/mol. The summed E-state index contributed by atoms with van der Waals surface area (Å²) in [5, 5.41) is 9.47. The fraction of sp³-hybridized carbons (Fsp3) is 0.368. The molecule has 1 saturated heterocycles. The van der Waals surface area contributed by atoms with Crippen molar-refractivity contribution < 1.29 is 19.3 Å². The van der Waals surface area contributed by atoms with Gasteiger partial charge in [-0.25, -0.2) is 0 Å². The van der Waals surface area contributed by atoms with Crippen molar-refractivity contribution in [1.82, 2.24) is 0 Å². The zero-order valence-electron chi connectivity index (χ0n) is 13.4. The molecule has 0 aliphatic carbocycles. The minimum Gasteiger partial charge on any atom is -0.489 e. The zero-order valence-corrected chi connectivity index (χ0v) is 13.4. The molecule has 3 rings (SSSR count). The van der Waals surface area contributed by atoms with Gasteiger partial charge in [0.25, 0.3) is 0 Å². The van der Waals surface area contributed by atoms with Crippen LogP contribution in [0.15, 0.2) is 54.6 Å². The smallest absolute Gasteiger partial charge is 0.164 e. The fourth-order valence-corrected chi connectivity index (χ4v) is 2.75. The molecule has 2 atom stereocenters. The number of aliphatic hydroxyl groups excluding tert-OH is 1. The number of rotatable bonds is 5. The summed E-state index contributed by atoms with van der Waals surface area (Å²) < 4.78 is 17.4. The Morgan fingerprint density at radius 1 is 1.00 bits per heavy atom. The first-order valence-corrected chi connectivity index (χ1v) is 7.80. The number of ether oxygens (including phenoxy) is 3. The van der Waals surface area contributed by atoms with Crippen molar-refractivity contribution in [3.8, 4) is 5.75 Å². The quantitative estimate of drug-likeness (QED) is 0.918. The third-order valence-corrected chi connectivity index (χ3v) is 3.82. The molecule has 0 saturated carbocycles. The van der Waals surface area contributed by atoms with Gasteiger partial charge in [-0.15, -0.1) is 0 Å². The summed E-state index contributed by atoms with van der Waals surface area (Å²) in [6.45, 7) is 4.18. The lowest BCUT2D eigenvalue weighted by Gasteiger charge is -2.17. The molecular weight excluding hydrogens is 292 g/mol. The molecule has 0 amide bonds. The predicted octanol–water partition coefficient (Wildman–Crippen LogP) is 3.45. The van der Waals surface area contributed by atoms with Crippen LogP contribution in [-0.4, -0.2) is 23.6 Å². The van der Waals surface area contributed by atoms with Gasteiger partial charge in [-0.1, -0.05) is 42.5 Å². The van der Waals surface area contributed by atoms with Crippen LogP contribution in [0, 0.1) is 0 Å². The van der Waals surface area contributed by atoms with Gasteiger partial charge >= 0.3 is 0 Å². The normalized spacial score (nSPS) is 22.9. The van der Waals surface area contributed by atoms with Crippen LogP contribution in [0.25, 0.3) is 0 Å². The highest BCUT2D eigenvalue weighted by Crippen LogP contribution is 2.38. The molecule has 23 heavy (non-hydrogen) atoms. The van der Waals surface area contributed by atoms with Gasteiger partial charge in [0.2, 0.25) is 0 Å². The van der Waals surface area contributed by atoms with Crippen molar-refractivity contribution in [1.29, 1.82) is 0 Å². The number of aliphatic hydroxyl groups is 1. The molecule has 1 heterocycles. The van der Waals surface area contributed by atoms with Crippen molar-refractivity contribution in [3.63, 3.8) is 0 Å². The highest BCUT2D eigenvalue weighted by molar-refractivity contribution is 5.30. The molecule has 4 nitrogen and oxygen atoms in total. The number of hydrogen-bond acceptors (Lipinski definition) is 4. The first kappa shape index (κ1) is 16.0. The zero-order chi connectivity index (χ0) is 16.3. The van der Waals surface area contributed by atoms with Gasteiger partial charge in [-0.3, -0.25) is 0 Å². The molecule has 0 aromatic heterocycles. The van der Waals surface area contributed by atoms with Gasteiger partial charge in [-0.05, 0) is 37.1 Å². The van der Waals surface area contributed by atoms with E-state index < -0.39 is 5.79 Å². The Bertz CT molecular complexity index is 622. The second-order valence-electron chi connectivity index (χ2n) is 6.12. The van der Waals surface area contributed by atoms with Gasteiger partial charge in [0, 0.05) is 0 Å². The number of benzene rings is 2. The van der Waals surface area contributed by atoms with Crippen LogP contribution in [0.3, 0.4) is 0 Å². The van der Waals surface area contributed by atoms with Gasteiger partial charge < -0.3 is 19.3 Å². The summed E-state index contributed by atoms with van der Waals surface area (Å²) in [7, 11) is 0. The molecule has 1 aliphatic rings. The lowest BCUT2D eigenvalue weighted by molar-refractivity contribution is -0.149. The van der Waals surface area contributed by atoms with E-state index in [2.05, 4.69) is 0 Å². The Hall–Kier alpha value is -1.88. The van der Waals surface area contributed by atoms with Gasteiger partial charge in [0.05, 0.1) is 6.61 Å². The van der Waals surface area contributed by atoms with E-state index in [0.29, 0.717) is 6.61 Å².